The van der Waals surface area contributed by atoms with Gasteiger partial charge >= 0.3 is 0 Å². The van der Waals surface area contributed by atoms with Gasteiger partial charge in [-0.2, -0.15) is 0 Å². The maximum atomic E-state index is 12.7. The molecule has 1 aliphatic carbocycles. The fraction of sp³-hybridized carbons (Fsp3) is 0.618. The van der Waals surface area contributed by atoms with Gasteiger partial charge in [0.2, 0.25) is 0 Å². The van der Waals surface area contributed by atoms with Gasteiger partial charge in [-0.3, -0.25) is 4.79 Å². The summed E-state index contributed by atoms with van der Waals surface area (Å²) in [6.45, 7) is 14.5. The highest BCUT2D eigenvalue weighted by Crippen LogP contribution is 2.39. The van der Waals surface area contributed by atoms with Crippen LogP contribution in [0.25, 0.3) is 0 Å². The third kappa shape index (κ3) is 11.4. The van der Waals surface area contributed by atoms with Gasteiger partial charge < -0.3 is 19.0 Å². The minimum atomic E-state index is -2.04. The van der Waals surface area contributed by atoms with E-state index in [0.29, 0.717) is 19.4 Å². The summed E-state index contributed by atoms with van der Waals surface area (Å²) in [5, 5.41) is 11.3. The van der Waals surface area contributed by atoms with E-state index in [1.807, 2.05) is 37.3 Å². The van der Waals surface area contributed by atoms with E-state index in [9.17, 15) is 9.90 Å². The van der Waals surface area contributed by atoms with E-state index in [2.05, 4.69) is 57.9 Å². The molecule has 1 aromatic rings. The van der Waals surface area contributed by atoms with Crippen molar-refractivity contribution in [2.75, 3.05) is 13.7 Å². The molecule has 0 amide bonds. The van der Waals surface area contributed by atoms with Crippen LogP contribution in [0.15, 0.2) is 48.6 Å². The van der Waals surface area contributed by atoms with Gasteiger partial charge in [-0.1, -0.05) is 58.1 Å². The number of hydrogen-bond donors (Lipinski definition) is 1. The van der Waals surface area contributed by atoms with Crippen LogP contribution < -0.4 is 4.74 Å². The molecular weight excluding hydrogens is 516 g/mol. The highest BCUT2D eigenvalue weighted by atomic mass is 28.4. The molecule has 0 aromatic heterocycles. The zero-order valence-corrected chi connectivity index (χ0v) is 26.9. The Morgan fingerprint density at radius 1 is 1.10 bits per heavy atom. The van der Waals surface area contributed by atoms with Gasteiger partial charge in [0.1, 0.15) is 5.75 Å². The third-order valence-electron chi connectivity index (χ3n) is 8.03. The van der Waals surface area contributed by atoms with E-state index in [1.54, 1.807) is 13.2 Å². The van der Waals surface area contributed by atoms with Gasteiger partial charge in [-0.25, -0.2) is 0 Å². The number of carbonyl (C=O) groups is 1. The van der Waals surface area contributed by atoms with Crippen LogP contribution in [-0.2, 0) is 20.6 Å². The molecular formula is C34H52O5Si. The van der Waals surface area contributed by atoms with Crippen molar-refractivity contribution in [2.45, 2.75) is 110 Å². The Morgan fingerprint density at radius 2 is 1.82 bits per heavy atom. The van der Waals surface area contributed by atoms with Crippen LogP contribution in [0.1, 0.15) is 78.2 Å². The highest BCUT2D eigenvalue weighted by Gasteiger charge is 2.41. The Kier molecular flexibility index (Phi) is 14.4. The largest absolute Gasteiger partial charge is 0.497 e. The number of methoxy groups -OCH3 is 1. The van der Waals surface area contributed by atoms with E-state index >= 15 is 0 Å². The lowest BCUT2D eigenvalue weighted by atomic mass is 9.84. The summed E-state index contributed by atoms with van der Waals surface area (Å²) in [6.07, 6.45) is 12.6. The van der Waals surface area contributed by atoms with Gasteiger partial charge in [0, 0.05) is 19.4 Å². The molecule has 1 N–H and O–H groups in total. The second-order valence-electron chi connectivity index (χ2n) is 12.3. The van der Waals surface area contributed by atoms with E-state index in [4.69, 9.17) is 13.9 Å². The summed E-state index contributed by atoms with van der Waals surface area (Å²) < 4.78 is 17.6. The van der Waals surface area contributed by atoms with E-state index in [1.165, 1.54) is 0 Å². The fourth-order valence-corrected chi connectivity index (χ4v) is 5.97. The van der Waals surface area contributed by atoms with E-state index in [-0.39, 0.29) is 22.8 Å². The van der Waals surface area contributed by atoms with Crippen molar-refractivity contribution in [3.63, 3.8) is 0 Å². The van der Waals surface area contributed by atoms with Crippen molar-refractivity contribution < 1.29 is 23.8 Å². The first-order chi connectivity index (χ1) is 19.0. The molecule has 0 radical (unpaired) electrons. The maximum absolute atomic E-state index is 12.7. The molecule has 0 bridgehead atoms. The summed E-state index contributed by atoms with van der Waals surface area (Å²) in [6, 6.07) is 7.94. The molecule has 4 atom stereocenters. The van der Waals surface area contributed by atoms with Crippen molar-refractivity contribution in [1.82, 2.24) is 0 Å². The lowest BCUT2D eigenvalue weighted by molar-refractivity contribution is -0.122. The second-order valence-corrected chi connectivity index (χ2v) is 17.0. The number of unbranched alkanes of at least 4 members (excludes halogenated alkanes) is 2. The van der Waals surface area contributed by atoms with Crippen molar-refractivity contribution in [1.29, 1.82) is 0 Å². The number of ether oxygens (including phenoxy) is 2. The van der Waals surface area contributed by atoms with Crippen LogP contribution in [-0.4, -0.2) is 45.1 Å². The quantitative estimate of drug-likeness (QED) is 0.0960. The number of rotatable bonds is 16. The Morgan fingerprint density at radius 3 is 2.48 bits per heavy atom. The van der Waals surface area contributed by atoms with Gasteiger partial charge in [-0.15, -0.1) is 11.8 Å². The zero-order chi connectivity index (χ0) is 29.6. The first kappa shape index (κ1) is 34.0. The summed E-state index contributed by atoms with van der Waals surface area (Å²) in [4.78, 5) is 12.7. The second kappa shape index (κ2) is 16.9. The van der Waals surface area contributed by atoms with Crippen LogP contribution in [0.3, 0.4) is 0 Å². The maximum Gasteiger partial charge on any atom is 0.192 e. The normalized spacial score (nSPS) is 19.1. The van der Waals surface area contributed by atoms with Crippen molar-refractivity contribution >= 4 is 14.1 Å². The van der Waals surface area contributed by atoms with Crippen LogP contribution in [0, 0.1) is 23.7 Å². The number of aliphatic hydroxyl groups is 1. The average Bonchev–Trinajstić information content (AvgIpc) is 3.27. The molecule has 0 saturated carbocycles. The molecule has 2 unspecified atom stereocenters. The molecule has 2 rings (SSSR count). The lowest BCUT2D eigenvalue weighted by Crippen LogP contribution is -2.45. The highest BCUT2D eigenvalue weighted by molar-refractivity contribution is 6.74. The predicted octanol–water partition coefficient (Wildman–Crippen LogP) is 7.64. The summed E-state index contributed by atoms with van der Waals surface area (Å²) in [5.41, 5.74) is 1.14. The average molecular weight is 569 g/mol. The number of hydrogen-bond acceptors (Lipinski definition) is 5. The topological polar surface area (TPSA) is 65.0 Å². The van der Waals surface area contributed by atoms with E-state index in [0.717, 1.165) is 50.0 Å². The van der Waals surface area contributed by atoms with Crippen LogP contribution >= 0.6 is 0 Å². The summed E-state index contributed by atoms with van der Waals surface area (Å²) >= 11 is 0. The molecule has 0 heterocycles. The van der Waals surface area contributed by atoms with Gasteiger partial charge in [0.15, 0.2) is 14.1 Å². The monoisotopic (exact) mass is 568 g/mol. The van der Waals surface area contributed by atoms with Gasteiger partial charge in [0.05, 0.1) is 31.8 Å². The SMILES string of the molecule is CCC#CC[C@@H](CC(O)C1C(=O)C=C[C@@H]1C/C=C\CCCCOCc1ccc(OC)cc1)O[Si](C)(C)C(C)(C)C. The molecule has 1 aromatic carbocycles. The molecule has 0 fully saturated rings. The Labute approximate surface area is 244 Å². The van der Waals surface area contributed by atoms with Crippen molar-refractivity contribution in [3.05, 3.63) is 54.1 Å². The van der Waals surface area contributed by atoms with Crippen LogP contribution in [0.4, 0.5) is 0 Å². The summed E-state index contributed by atoms with van der Waals surface area (Å²) in [5.74, 6) is 6.82. The molecule has 40 heavy (non-hydrogen) atoms. The number of ketones is 1. The first-order valence-electron chi connectivity index (χ1n) is 14.9. The van der Waals surface area contributed by atoms with Crippen LogP contribution in [0.5, 0.6) is 5.75 Å². The Bertz CT molecular complexity index is 1010. The minimum absolute atomic E-state index is 0.0156. The Hall–Kier alpha value is -2.17. The smallest absolute Gasteiger partial charge is 0.192 e. The number of aliphatic hydroxyl groups excluding tert-OH is 1. The summed E-state index contributed by atoms with van der Waals surface area (Å²) in [7, 11) is -0.370. The van der Waals surface area contributed by atoms with Gasteiger partial charge in [-0.05, 0) is 79.9 Å². The van der Waals surface area contributed by atoms with Crippen molar-refractivity contribution in [2.24, 2.45) is 11.8 Å². The van der Waals surface area contributed by atoms with Crippen molar-refractivity contribution in [3.8, 4) is 17.6 Å². The molecule has 0 aliphatic heterocycles. The third-order valence-corrected chi connectivity index (χ3v) is 12.6. The molecule has 222 valence electrons. The van der Waals surface area contributed by atoms with Crippen LogP contribution in [0.2, 0.25) is 18.1 Å². The molecule has 5 nitrogen and oxygen atoms in total. The Balaban J connectivity index is 1.79. The molecule has 0 saturated heterocycles. The lowest BCUT2D eigenvalue weighted by Gasteiger charge is -2.40. The number of benzene rings is 1. The zero-order valence-electron chi connectivity index (χ0n) is 25.9. The minimum Gasteiger partial charge on any atom is -0.497 e. The number of allylic oxidation sites excluding steroid dienone is 4. The molecule has 1 aliphatic rings. The molecule has 0 spiro atoms. The first-order valence-corrected chi connectivity index (χ1v) is 17.8. The molecule has 6 heteroatoms. The standard InChI is InChI=1S/C34H52O5Si/c1-8-9-13-17-30(39-40(6,7)34(2,3)4)25-32(36)33-28(20-23-31(33)35)16-14-11-10-12-15-24-38-26-27-18-21-29(37-5)22-19-27/h11,14,18-23,28,30,32-33,36H,8,10,12,15-17,24-26H2,1-7H3/b14-11-/t28-,30-,32?,33?/m0/s1. The fourth-order valence-electron chi connectivity index (χ4n) is 4.60. The number of carbonyl (C=O) groups excluding carboxylic acids is 1. The van der Waals surface area contributed by atoms with E-state index < -0.39 is 20.3 Å². The predicted molar refractivity (Wildman–Crippen MR) is 167 cm³/mol. The van der Waals surface area contributed by atoms with Gasteiger partial charge in [0.25, 0.3) is 0 Å².